The molecule has 0 aromatic carbocycles. The van der Waals surface area contributed by atoms with Crippen molar-refractivity contribution in [2.24, 2.45) is 63.1 Å². The molecule has 0 unspecified atom stereocenters. The Morgan fingerprint density at radius 1 is 0.559 bits per heavy atom. The van der Waals surface area contributed by atoms with Gasteiger partial charge in [-0.3, -0.25) is 19.2 Å². The molecule has 0 bridgehead atoms. The van der Waals surface area contributed by atoms with Crippen molar-refractivity contribution in [1.82, 2.24) is 0 Å². The Kier molecular flexibility index (Phi) is 12.9. The summed E-state index contributed by atoms with van der Waals surface area (Å²) in [4.78, 5) is 49.1. The fourth-order valence-electron chi connectivity index (χ4n) is 16.2. The SMILES string of the molecule is CCCCCCC(=O)O[C@H]1CC[C@H]2[C@@H]3CCC4=CC(=O)CC[C@]4(C)[C@H]3CC[C@]12C.C[C@]12CC[C@H]3[C@@H](CCC4=CC(=O)CC[C@@]43C)[C@@H]1CC[C@@H]2OC(=O)CCC1CCCC1. The van der Waals surface area contributed by atoms with Crippen LogP contribution in [0.2, 0.25) is 0 Å². The Morgan fingerprint density at radius 3 is 1.54 bits per heavy atom. The summed E-state index contributed by atoms with van der Waals surface area (Å²) in [5, 5.41) is 0. The van der Waals surface area contributed by atoms with Crippen LogP contribution >= 0.6 is 0 Å². The third-order valence-corrected chi connectivity index (χ3v) is 19.8. The highest BCUT2D eigenvalue weighted by molar-refractivity contribution is 5.92. The maximum absolute atomic E-state index is 12.7. The minimum Gasteiger partial charge on any atom is -0.462 e. The van der Waals surface area contributed by atoms with Gasteiger partial charge in [0.25, 0.3) is 0 Å². The molecule has 9 aliphatic carbocycles. The average Bonchev–Trinajstić information content (AvgIpc) is 3.94. The highest BCUT2D eigenvalue weighted by Crippen LogP contribution is 2.67. The zero-order valence-electron chi connectivity index (χ0n) is 37.9. The van der Waals surface area contributed by atoms with Gasteiger partial charge >= 0.3 is 11.9 Å². The molecular weight excluding hydrogens is 733 g/mol. The fraction of sp³-hybridized carbons (Fsp3) is 0.849. The molecule has 6 nitrogen and oxygen atoms in total. The number of allylic oxidation sites excluding steroid dienone is 2. The van der Waals surface area contributed by atoms with Crippen LogP contribution in [0.1, 0.15) is 208 Å². The number of unbranched alkanes of at least 4 members (excludes halogenated alkanes) is 3. The topological polar surface area (TPSA) is 86.7 Å². The Hall–Kier alpha value is -2.24. The molecule has 0 radical (unpaired) electrons. The molecular formula is C53H80O6. The van der Waals surface area contributed by atoms with E-state index in [1.54, 1.807) is 0 Å². The molecule has 7 saturated carbocycles. The van der Waals surface area contributed by atoms with Crippen molar-refractivity contribution >= 4 is 23.5 Å². The number of fused-ring (bicyclic) bond motifs is 10. The van der Waals surface area contributed by atoms with E-state index >= 15 is 0 Å². The molecule has 7 fully saturated rings. The third-order valence-electron chi connectivity index (χ3n) is 19.8. The molecule has 0 aromatic heterocycles. The van der Waals surface area contributed by atoms with Crippen LogP contribution in [0.3, 0.4) is 0 Å². The van der Waals surface area contributed by atoms with Crippen molar-refractivity contribution in [2.75, 3.05) is 0 Å². The average molecular weight is 813 g/mol. The van der Waals surface area contributed by atoms with E-state index in [9.17, 15) is 19.2 Å². The molecule has 0 aliphatic heterocycles. The number of esters is 2. The summed E-state index contributed by atoms with van der Waals surface area (Å²) in [6.07, 6.45) is 33.8. The maximum atomic E-state index is 12.7. The van der Waals surface area contributed by atoms with Gasteiger partial charge in [-0.1, -0.05) is 90.7 Å². The highest BCUT2D eigenvalue weighted by Gasteiger charge is 2.61. The van der Waals surface area contributed by atoms with Crippen LogP contribution in [0.5, 0.6) is 0 Å². The monoisotopic (exact) mass is 813 g/mol. The van der Waals surface area contributed by atoms with E-state index in [1.165, 1.54) is 101 Å². The van der Waals surface area contributed by atoms with Gasteiger partial charge in [0.1, 0.15) is 12.2 Å². The van der Waals surface area contributed by atoms with Crippen LogP contribution in [0.25, 0.3) is 0 Å². The van der Waals surface area contributed by atoms with Gasteiger partial charge in [0.15, 0.2) is 11.6 Å². The summed E-state index contributed by atoms with van der Waals surface area (Å²) in [6.45, 7) is 11.9. The number of hydrogen-bond donors (Lipinski definition) is 0. The third kappa shape index (κ3) is 8.25. The molecule has 328 valence electrons. The number of carbonyl (C=O) groups is 4. The number of hydrogen-bond acceptors (Lipinski definition) is 6. The van der Waals surface area contributed by atoms with Crippen molar-refractivity contribution in [3.63, 3.8) is 0 Å². The van der Waals surface area contributed by atoms with Gasteiger partial charge in [-0.2, -0.15) is 0 Å². The van der Waals surface area contributed by atoms with E-state index in [2.05, 4.69) is 34.6 Å². The molecule has 9 aliphatic rings. The first-order chi connectivity index (χ1) is 28.3. The second-order valence-corrected chi connectivity index (χ2v) is 22.6. The van der Waals surface area contributed by atoms with Crippen LogP contribution in [0.15, 0.2) is 23.3 Å². The van der Waals surface area contributed by atoms with Crippen molar-refractivity contribution in [3.05, 3.63) is 23.3 Å². The smallest absolute Gasteiger partial charge is 0.306 e. The Bertz CT molecular complexity index is 1650. The second-order valence-electron chi connectivity index (χ2n) is 22.6. The fourth-order valence-corrected chi connectivity index (χ4v) is 16.2. The molecule has 59 heavy (non-hydrogen) atoms. The Morgan fingerprint density at radius 2 is 1.05 bits per heavy atom. The first kappa shape index (κ1) is 43.4. The van der Waals surface area contributed by atoms with Gasteiger partial charge in [-0.05, 0) is 167 Å². The van der Waals surface area contributed by atoms with Crippen molar-refractivity contribution in [1.29, 1.82) is 0 Å². The lowest BCUT2D eigenvalue weighted by molar-refractivity contribution is -0.161. The van der Waals surface area contributed by atoms with E-state index in [-0.39, 0.29) is 45.8 Å². The highest BCUT2D eigenvalue weighted by atomic mass is 16.5. The second kappa shape index (κ2) is 17.5. The molecule has 0 N–H and O–H groups in total. The van der Waals surface area contributed by atoms with Gasteiger partial charge in [-0.15, -0.1) is 0 Å². The summed E-state index contributed by atoms with van der Waals surface area (Å²) in [5.74, 6) is 5.76. The molecule has 12 atom stereocenters. The largest absolute Gasteiger partial charge is 0.462 e. The van der Waals surface area contributed by atoms with E-state index in [0.717, 1.165) is 88.4 Å². The summed E-state index contributed by atoms with van der Waals surface area (Å²) in [6, 6.07) is 0. The summed E-state index contributed by atoms with van der Waals surface area (Å²) in [7, 11) is 0. The Labute approximate surface area is 357 Å². The number of ether oxygens (including phenoxy) is 2. The number of rotatable bonds is 10. The summed E-state index contributed by atoms with van der Waals surface area (Å²) in [5.41, 5.74) is 3.65. The molecule has 0 aromatic rings. The molecule has 6 heteroatoms. The molecule has 9 rings (SSSR count). The number of ketones is 2. The molecule has 0 heterocycles. The van der Waals surface area contributed by atoms with Gasteiger partial charge in [-0.25, -0.2) is 0 Å². The Balaban J connectivity index is 0.000000164. The van der Waals surface area contributed by atoms with Crippen LogP contribution < -0.4 is 0 Å². The molecule has 0 saturated heterocycles. The minimum atomic E-state index is 0.0294. The van der Waals surface area contributed by atoms with Crippen molar-refractivity contribution < 1.29 is 28.7 Å². The van der Waals surface area contributed by atoms with E-state index in [1.807, 2.05) is 12.2 Å². The normalized spacial score (nSPS) is 42.4. The van der Waals surface area contributed by atoms with E-state index in [4.69, 9.17) is 9.47 Å². The first-order valence-electron chi connectivity index (χ1n) is 25.1. The predicted molar refractivity (Wildman–Crippen MR) is 233 cm³/mol. The lowest BCUT2D eigenvalue weighted by Crippen LogP contribution is -2.51. The quantitative estimate of drug-likeness (QED) is 0.161. The van der Waals surface area contributed by atoms with E-state index < -0.39 is 0 Å². The first-order valence-corrected chi connectivity index (χ1v) is 25.1. The van der Waals surface area contributed by atoms with Gasteiger partial charge in [0, 0.05) is 36.5 Å². The number of carbonyl (C=O) groups excluding carboxylic acids is 4. The van der Waals surface area contributed by atoms with Gasteiger partial charge in [0.05, 0.1) is 0 Å². The van der Waals surface area contributed by atoms with Crippen molar-refractivity contribution in [3.8, 4) is 0 Å². The minimum absolute atomic E-state index is 0.0294. The maximum Gasteiger partial charge on any atom is 0.306 e. The standard InChI is InChI=1S/C27H40O3.C26H40O3/c1-26-15-13-20(28)17-19(26)8-9-21-22-10-11-24(27(22,2)16-14-23(21)26)30-25(29)12-7-18-5-3-4-6-18;1-4-5-6-7-8-24(28)29-23-12-11-21-20-10-9-18-17-19(27)13-15-25(18,2)22(20)14-16-26(21,23)3/h17-18,21-24H,3-16H2,1-2H3;17,20-23H,4-16H2,1-3H3/t21-,22-,23-,24-,26-,27-;20-,21-,22-,23-,25-,26-/m00/s1. The van der Waals surface area contributed by atoms with Crippen LogP contribution in [0.4, 0.5) is 0 Å². The summed E-state index contributed by atoms with van der Waals surface area (Å²) < 4.78 is 12.3. The van der Waals surface area contributed by atoms with Crippen LogP contribution in [-0.2, 0) is 28.7 Å². The van der Waals surface area contributed by atoms with Crippen molar-refractivity contribution in [2.45, 2.75) is 220 Å². The summed E-state index contributed by atoms with van der Waals surface area (Å²) >= 11 is 0. The zero-order valence-corrected chi connectivity index (χ0v) is 37.9. The van der Waals surface area contributed by atoms with Gasteiger partial charge in [0.2, 0.25) is 0 Å². The van der Waals surface area contributed by atoms with Crippen LogP contribution in [-0.4, -0.2) is 35.7 Å². The zero-order chi connectivity index (χ0) is 41.6. The van der Waals surface area contributed by atoms with Gasteiger partial charge < -0.3 is 9.47 Å². The lowest BCUT2D eigenvalue weighted by Gasteiger charge is -2.57. The van der Waals surface area contributed by atoms with Crippen LogP contribution in [0, 0.1) is 63.1 Å². The van der Waals surface area contributed by atoms with E-state index in [0.29, 0.717) is 48.1 Å². The molecule has 0 amide bonds. The molecule has 0 spiro atoms. The predicted octanol–water partition coefficient (Wildman–Crippen LogP) is 12.8. The lowest BCUT2D eigenvalue weighted by atomic mass is 9.47.